The molecule has 0 spiro atoms. The molecule has 1 unspecified atom stereocenters. The lowest BCUT2D eigenvalue weighted by molar-refractivity contribution is 0.0535. The maximum absolute atomic E-state index is 13.6. The Morgan fingerprint density at radius 2 is 1.97 bits per heavy atom. The Morgan fingerprint density at radius 3 is 2.73 bits per heavy atom. The number of esters is 1. The molecule has 1 aliphatic heterocycles. The van der Waals surface area contributed by atoms with Crippen molar-refractivity contribution < 1.29 is 13.7 Å². The highest BCUT2D eigenvalue weighted by Gasteiger charge is 2.25. The van der Waals surface area contributed by atoms with E-state index in [9.17, 15) is 14.3 Å². The summed E-state index contributed by atoms with van der Waals surface area (Å²) in [6, 6.07) is 19.4. The van der Waals surface area contributed by atoms with Crippen LogP contribution in [-0.2, 0) is 28.9 Å². The van der Waals surface area contributed by atoms with Gasteiger partial charge in [-0.25, -0.2) is 9.00 Å². The predicted octanol–water partition coefficient (Wildman–Crippen LogP) is 5.37. The number of halogens is 2. The molecular weight excluding hydrogens is 488 g/mol. The second-order valence-corrected chi connectivity index (χ2v) is 9.22. The monoisotopic (exact) mass is 500 g/mol. The van der Waals surface area contributed by atoms with E-state index in [1.165, 1.54) is 0 Å². The van der Waals surface area contributed by atoms with Gasteiger partial charge in [-0.05, 0) is 42.5 Å². The van der Waals surface area contributed by atoms with E-state index in [-0.39, 0.29) is 13.2 Å². The SMILES string of the molecule is N#Cc1cccc(S(=O)N(Cc2c(Cl)cccc2Br)c2ccc3c(c2)C(=O)OC3)c1. The number of benzene rings is 3. The van der Waals surface area contributed by atoms with Crippen molar-refractivity contribution in [2.45, 2.75) is 18.0 Å². The van der Waals surface area contributed by atoms with Crippen molar-refractivity contribution in [3.63, 3.8) is 0 Å². The van der Waals surface area contributed by atoms with Crippen molar-refractivity contribution in [3.8, 4) is 6.07 Å². The van der Waals surface area contributed by atoms with Crippen LogP contribution in [0.15, 0.2) is 70.0 Å². The summed E-state index contributed by atoms with van der Waals surface area (Å²) in [5.41, 5.74) is 3.00. The summed E-state index contributed by atoms with van der Waals surface area (Å²) >= 11 is 9.91. The number of nitriles is 1. The normalized spacial score (nSPS) is 13.3. The van der Waals surface area contributed by atoms with Crippen LogP contribution in [0, 0.1) is 11.3 Å². The van der Waals surface area contributed by atoms with E-state index < -0.39 is 17.0 Å². The molecule has 3 aromatic rings. The van der Waals surface area contributed by atoms with Gasteiger partial charge in [0.2, 0.25) is 0 Å². The molecule has 150 valence electrons. The highest BCUT2D eigenvalue weighted by molar-refractivity contribution is 9.10. The molecule has 0 aromatic heterocycles. The van der Waals surface area contributed by atoms with Gasteiger partial charge in [-0.2, -0.15) is 5.26 Å². The standard InChI is InChI=1S/C22H14BrClN2O3S/c23-20-5-2-6-21(24)19(20)12-26(30(28)17-4-1-3-14(9-17)11-25)16-8-7-15-13-29-22(27)18(15)10-16/h1-10H,12-13H2. The summed E-state index contributed by atoms with van der Waals surface area (Å²) in [7, 11) is -1.66. The third-order valence-corrected chi connectivity index (χ3v) is 7.18. The molecule has 0 amide bonds. The van der Waals surface area contributed by atoms with Crippen LogP contribution in [0.4, 0.5) is 5.69 Å². The van der Waals surface area contributed by atoms with Gasteiger partial charge in [-0.1, -0.05) is 45.7 Å². The van der Waals surface area contributed by atoms with E-state index >= 15 is 0 Å². The molecular formula is C22H14BrClN2O3S. The van der Waals surface area contributed by atoms with Crippen molar-refractivity contribution >= 4 is 50.2 Å². The molecule has 0 bridgehead atoms. The van der Waals surface area contributed by atoms with Crippen molar-refractivity contribution in [1.82, 2.24) is 0 Å². The topological polar surface area (TPSA) is 70.4 Å². The number of nitrogens with zero attached hydrogens (tertiary/aromatic N) is 2. The summed E-state index contributed by atoms with van der Waals surface area (Å²) in [5, 5.41) is 9.73. The predicted molar refractivity (Wildman–Crippen MR) is 118 cm³/mol. The quantitative estimate of drug-likeness (QED) is 0.441. The van der Waals surface area contributed by atoms with E-state index in [0.29, 0.717) is 26.7 Å². The van der Waals surface area contributed by atoms with Crippen LogP contribution in [-0.4, -0.2) is 10.2 Å². The third kappa shape index (κ3) is 3.99. The van der Waals surface area contributed by atoms with Crippen molar-refractivity contribution in [1.29, 1.82) is 5.26 Å². The fraction of sp³-hybridized carbons (Fsp3) is 0.0909. The zero-order valence-electron chi connectivity index (χ0n) is 15.5. The number of carbonyl (C=O) groups excluding carboxylic acids is 1. The summed E-state index contributed by atoms with van der Waals surface area (Å²) in [5.74, 6) is -0.400. The zero-order valence-corrected chi connectivity index (χ0v) is 18.6. The van der Waals surface area contributed by atoms with Gasteiger partial charge in [0.15, 0.2) is 11.0 Å². The van der Waals surface area contributed by atoms with Crippen LogP contribution in [0.5, 0.6) is 0 Å². The lowest BCUT2D eigenvalue weighted by Crippen LogP contribution is -2.26. The first-order chi connectivity index (χ1) is 14.5. The number of cyclic esters (lactones) is 1. The fourth-order valence-corrected chi connectivity index (χ4v) is 5.20. The van der Waals surface area contributed by atoms with E-state index in [1.54, 1.807) is 52.8 Å². The maximum atomic E-state index is 13.6. The third-order valence-electron chi connectivity index (χ3n) is 4.69. The molecule has 8 heteroatoms. The van der Waals surface area contributed by atoms with Crippen LogP contribution in [0.25, 0.3) is 0 Å². The molecule has 4 rings (SSSR count). The molecule has 1 heterocycles. The molecule has 0 aliphatic carbocycles. The largest absolute Gasteiger partial charge is 0.457 e. The van der Waals surface area contributed by atoms with Crippen LogP contribution >= 0.6 is 27.5 Å². The van der Waals surface area contributed by atoms with Crippen LogP contribution in [0.3, 0.4) is 0 Å². The highest BCUT2D eigenvalue weighted by atomic mass is 79.9. The Kier molecular flexibility index (Phi) is 5.91. The minimum Gasteiger partial charge on any atom is -0.457 e. The lowest BCUT2D eigenvalue weighted by Gasteiger charge is -2.25. The molecule has 30 heavy (non-hydrogen) atoms. The smallest absolute Gasteiger partial charge is 0.338 e. The van der Waals surface area contributed by atoms with Gasteiger partial charge >= 0.3 is 5.97 Å². The van der Waals surface area contributed by atoms with Gasteiger partial charge in [-0.3, -0.25) is 4.31 Å². The number of ether oxygens (including phenoxy) is 1. The molecule has 5 nitrogen and oxygen atoms in total. The average Bonchev–Trinajstić information content (AvgIpc) is 3.13. The first-order valence-electron chi connectivity index (χ1n) is 8.90. The zero-order chi connectivity index (χ0) is 21.3. The Balaban J connectivity index is 1.81. The summed E-state index contributed by atoms with van der Waals surface area (Å²) in [4.78, 5) is 12.5. The van der Waals surface area contributed by atoms with E-state index in [4.69, 9.17) is 16.3 Å². The van der Waals surface area contributed by atoms with Crippen LogP contribution in [0.2, 0.25) is 5.02 Å². The maximum Gasteiger partial charge on any atom is 0.338 e. The van der Waals surface area contributed by atoms with Gasteiger partial charge in [0.25, 0.3) is 0 Å². The minimum atomic E-state index is -1.66. The molecule has 3 aromatic carbocycles. The number of anilines is 1. The Labute approximate surface area is 189 Å². The average molecular weight is 502 g/mol. The molecule has 0 saturated carbocycles. The van der Waals surface area contributed by atoms with Gasteiger partial charge in [-0.15, -0.1) is 0 Å². The summed E-state index contributed by atoms with van der Waals surface area (Å²) < 4.78 is 21.1. The molecule has 0 saturated heterocycles. The van der Waals surface area contributed by atoms with Gasteiger partial charge in [0.1, 0.15) is 6.61 Å². The highest BCUT2D eigenvalue weighted by Crippen LogP contribution is 2.32. The molecule has 0 fully saturated rings. The van der Waals surface area contributed by atoms with E-state index in [0.717, 1.165) is 15.6 Å². The van der Waals surface area contributed by atoms with Gasteiger partial charge in [0.05, 0.1) is 34.3 Å². The number of hydrogen-bond donors (Lipinski definition) is 0. The second kappa shape index (κ2) is 8.60. The minimum absolute atomic E-state index is 0.220. The Morgan fingerprint density at radius 1 is 1.17 bits per heavy atom. The molecule has 1 aliphatic rings. The molecule has 1 atom stereocenters. The first-order valence-corrected chi connectivity index (χ1v) is 11.2. The lowest BCUT2D eigenvalue weighted by atomic mass is 10.1. The fourth-order valence-electron chi connectivity index (χ4n) is 3.13. The van der Waals surface area contributed by atoms with Crippen LogP contribution < -0.4 is 4.31 Å². The number of rotatable bonds is 5. The van der Waals surface area contributed by atoms with Crippen molar-refractivity contribution in [2.75, 3.05) is 4.31 Å². The number of carbonyl (C=O) groups is 1. The first kappa shape index (κ1) is 20.6. The van der Waals surface area contributed by atoms with Gasteiger partial charge in [0, 0.05) is 20.6 Å². The van der Waals surface area contributed by atoms with Crippen molar-refractivity contribution in [2.24, 2.45) is 0 Å². The Bertz CT molecular complexity index is 1200. The van der Waals surface area contributed by atoms with Gasteiger partial charge < -0.3 is 4.74 Å². The van der Waals surface area contributed by atoms with E-state index in [1.807, 2.05) is 12.1 Å². The number of hydrogen-bond acceptors (Lipinski definition) is 4. The summed E-state index contributed by atoms with van der Waals surface area (Å²) in [6.45, 7) is 0.454. The van der Waals surface area contributed by atoms with Crippen LogP contribution in [0.1, 0.15) is 27.0 Å². The van der Waals surface area contributed by atoms with Crippen molar-refractivity contribution in [3.05, 3.63) is 92.4 Å². The Hall–Kier alpha value is -2.66. The summed E-state index contributed by atoms with van der Waals surface area (Å²) in [6.07, 6.45) is 0. The van der Waals surface area contributed by atoms with E-state index in [2.05, 4.69) is 22.0 Å². The number of fused-ring (bicyclic) bond motifs is 1. The molecule has 0 radical (unpaired) electrons. The second-order valence-electron chi connectivity index (χ2n) is 6.54. The molecule has 0 N–H and O–H groups in total.